The molecule has 2 aromatic rings. The number of fused-ring (bicyclic) bond motifs is 1. The second kappa shape index (κ2) is 5.19. The molecule has 3 rings (SSSR count). The molecule has 3 nitrogen and oxygen atoms in total. The molecule has 0 fully saturated rings. The molecule has 0 radical (unpaired) electrons. The highest BCUT2D eigenvalue weighted by Gasteiger charge is 2.15. The van der Waals surface area contributed by atoms with E-state index < -0.39 is 0 Å². The lowest BCUT2D eigenvalue weighted by atomic mass is 10.1. The van der Waals surface area contributed by atoms with Crippen LogP contribution in [0.3, 0.4) is 0 Å². The van der Waals surface area contributed by atoms with E-state index in [0.29, 0.717) is 6.04 Å². The molecular weight excluding hydrogens is 222 g/mol. The molecule has 1 aliphatic rings. The molecule has 1 aliphatic heterocycles. The number of aromatic nitrogens is 1. The average molecular weight is 239 g/mol. The van der Waals surface area contributed by atoms with Crippen molar-refractivity contribution >= 4 is 5.82 Å². The summed E-state index contributed by atoms with van der Waals surface area (Å²) < 4.78 is 0. The van der Waals surface area contributed by atoms with Crippen molar-refractivity contribution in [3.63, 3.8) is 0 Å². The van der Waals surface area contributed by atoms with Gasteiger partial charge in [-0.15, -0.1) is 0 Å². The molecule has 2 heterocycles. The number of pyridine rings is 1. The van der Waals surface area contributed by atoms with E-state index in [0.717, 1.165) is 25.3 Å². The Labute approximate surface area is 107 Å². The van der Waals surface area contributed by atoms with Crippen molar-refractivity contribution in [2.75, 3.05) is 11.9 Å². The molecule has 1 aromatic carbocycles. The molecule has 0 amide bonds. The Kier molecular flexibility index (Phi) is 3.24. The first kappa shape index (κ1) is 11.2. The van der Waals surface area contributed by atoms with Gasteiger partial charge in [0.05, 0.1) is 0 Å². The second-order valence-corrected chi connectivity index (χ2v) is 4.66. The molecule has 1 unspecified atom stereocenters. The van der Waals surface area contributed by atoms with Gasteiger partial charge in [-0.2, -0.15) is 0 Å². The fraction of sp³-hybridized carbons (Fsp3) is 0.267. The van der Waals surface area contributed by atoms with E-state index in [-0.39, 0.29) is 0 Å². The smallest absolute Gasteiger partial charge is 0.130 e. The fourth-order valence-electron chi connectivity index (χ4n) is 2.33. The standard InChI is InChI=1S/C15H17N3/c1-2-5-12(6-3-1)9-14-11-18-15-13(10-17-14)7-4-8-16-15/h1-8,14,17H,9-11H2,(H,16,18). The van der Waals surface area contributed by atoms with E-state index in [4.69, 9.17) is 0 Å². The minimum Gasteiger partial charge on any atom is -0.368 e. The van der Waals surface area contributed by atoms with Crippen LogP contribution in [0, 0.1) is 0 Å². The normalized spacial score (nSPS) is 18.6. The number of nitrogens with zero attached hydrogens (tertiary/aromatic N) is 1. The van der Waals surface area contributed by atoms with Crippen molar-refractivity contribution in [3.05, 3.63) is 59.8 Å². The summed E-state index contributed by atoms with van der Waals surface area (Å²) in [7, 11) is 0. The second-order valence-electron chi connectivity index (χ2n) is 4.66. The quantitative estimate of drug-likeness (QED) is 0.843. The van der Waals surface area contributed by atoms with Gasteiger partial charge >= 0.3 is 0 Å². The van der Waals surface area contributed by atoms with Crippen LogP contribution in [-0.4, -0.2) is 17.6 Å². The first-order valence-electron chi connectivity index (χ1n) is 6.37. The third-order valence-electron chi connectivity index (χ3n) is 3.31. The van der Waals surface area contributed by atoms with Gasteiger partial charge in [-0.05, 0) is 18.1 Å². The molecule has 92 valence electrons. The molecule has 18 heavy (non-hydrogen) atoms. The van der Waals surface area contributed by atoms with E-state index in [1.807, 2.05) is 12.3 Å². The van der Waals surface area contributed by atoms with E-state index in [9.17, 15) is 0 Å². The predicted molar refractivity (Wildman–Crippen MR) is 73.5 cm³/mol. The van der Waals surface area contributed by atoms with Crippen LogP contribution in [0.2, 0.25) is 0 Å². The Morgan fingerprint density at radius 3 is 2.89 bits per heavy atom. The minimum absolute atomic E-state index is 0.446. The average Bonchev–Trinajstić information content (AvgIpc) is 2.63. The van der Waals surface area contributed by atoms with Crippen LogP contribution in [0.15, 0.2) is 48.7 Å². The van der Waals surface area contributed by atoms with Crippen LogP contribution in [-0.2, 0) is 13.0 Å². The summed E-state index contributed by atoms with van der Waals surface area (Å²) in [5, 5.41) is 7.01. The number of benzene rings is 1. The highest BCUT2D eigenvalue weighted by atomic mass is 15.1. The molecule has 0 saturated heterocycles. The lowest BCUT2D eigenvalue weighted by Crippen LogP contribution is -2.34. The third kappa shape index (κ3) is 2.51. The van der Waals surface area contributed by atoms with Crippen molar-refractivity contribution in [2.24, 2.45) is 0 Å². The molecule has 0 saturated carbocycles. The van der Waals surface area contributed by atoms with Crippen molar-refractivity contribution in [3.8, 4) is 0 Å². The van der Waals surface area contributed by atoms with Gasteiger partial charge in [0.2, 0.25) is 0 Å². The number of anilines is 1. The van der Waals surface area contributed by atoms with Gasteiger partial charge in [-0.25, -0.2) is 4.98 Å². The van der Waals surface area contributed by atoms with Crippen LogP contribution in [0.1, 0.15) is 11.1 Å². The summed E-state index contributed by atoms with van der Waals surface area (Å²) in [6.07, 6.45) is 2.88. The van der Waals surface area contributed by atoms with E-state index in [2.05, 4.69) is 52.0 Å². The Hall–Kier alpha value is -1.87. The summed E-state index contributed by atoms with van der Waals surface area (Å²) >= 11 is 0. The molecule has 3 heteroatoms. The molecular formula is C15H17N3. The van der Waals surface area contributed by atoms with Crippen LogP contribution in [0.5, 0.6) is 0 Å². The Balaban J connectivity index is 1.68. The first-order chi connectivity index (χ1) is 8.92. The van der Waals surface area contributed by atoms with E-state index >= 15 is 0 Å². The summed E-state index contributed by atoms with van der Waals surface area (Å²) in [5.74, 6) is 1.01. The lowest BCUT2D eigenvalue weighted by Gasteiger charge is -2.15. The summed E-state index contributed by atoms with van der Waals surface area (Å²) in [6.45, 7) is 1.80. The SMILES string of the molecule is c1ccc(CC2CNc3ncccc3CN2)cc1. The van der Waals surface area contributed by atoms with Gasteiger partial charge in [-0.3, -0.25) is 0 Å². The Morgan fingerprint density at radius 1 is 1.11 bits per heavy atom. The monoisotopic (exact) mass is 239 g/mol. The van der Waals surface area contributed by atoms with Crippen LogP contribution in [0.25, 0.3) is 0 Å². The highest BCUT2D eigenvalue weighted by molar-refractivity contribution is 5.44. The molecule has 0 spiro atoms. The van der Waals surface area contributed by atoms with Gasteiger partial charge in [-0.1, -0.05) is 36.4 Å². The topological polar surface area (TPSA) is 37.0 Å². The van der Waals surface area contributed by atoms with Crippen molar-refractivity contribution in [1.29, 1.82) is 0 Å². The molecule has 1 aromatic heterocycles. The van der Waals surface area contributed by atoms with Gasteiger partial charge in [0.15, 0.2) is 0 Å². The van der Waals surface area contributed by atoms with Gasteiger partial charge in [0.25, 0.3) is 0 Å². The summed E-state index contributed by atoms with van der Waals surface area (Å²) in [6, 6.07) is 15.2. The maximum absolute atomic E-state index is 4.37. The first-order valence-corrected chi connectivity index (χ1v) is 6.37. The number of nitrogens with one attached hydrogen (secondary N) is 2. The summed E-state index contributed by atoms with van der Waals surface area (Å²) in [4.78, 5) is 4.37. The maximum Gasteiger partial charge on any atom is 0.130 e. The molecule has 1 atom stereocenters. The van der Waals surface area contributed by atoms with Crippen LogP contribution < -0.4 is 10.6 Å². The van der Waals surface area contributed by atoms with Gasteiger partial charge in [0, 0.05) is 30.9 Å². The number of hydrogen-bond acceptors (Lipinski definition) is 3. The molecule has 2 N–H and O–H groups in total. The van der Waals surface area contributed by atoms with Crippen molar-refractivity contribution in [1.82, 2.24) is 10.3 Å². The molecule has 0 bridgehead atoms. The lowest BCUT2D eigenvalue weighted by molar-refractivity contribution is 0.537. The fourth-order valence-corrected chi connectivity index (χ4v) is 2.33. The Morgan fingerprint density at radius 2 is 2.00 bits per heavy atom. The maximum atomic E-state index is 4.37. The predicted octanol–water partition coefficient (Wildman–Crippen LogP) is 2.21. The number of hydrogen-bond donors (Lipinski definition) is 2. The zero-order valence-corrected chi connectivity index (χ0v) is 10.3. The largest absolute Gasteiger partial charge is 0.368 e. The third-order valence-corrected chi connectivity index (χ3v) is 3.31. The summed E-state index contributed by atoms with van der Waals surface area (Å²) in [5.41, 5.74) is 2.61. The van der Waals surface area contributed by atoms with Crippen LogP contribution in [0.4, 0.5) is 5.82 Å². The number of rotatable bonds is 2. The molecule has 0 aliphatic carbocycles. The van der Waals surface area contributed by atoms with Crippen molar-refractivity contribution < 1.29 is 0 Å². The minimum atomic E-state index is 0.446. The van der Waals surface area contributed by atoms with E-state index in [1.165, 1.54) is 11.1 Å². The van der Waals surface area contributed by atoms with Crippen molar-refractivity contribution in [2.45, 2.75) is 19.0 Å². The van der Waals surface area contributed by atoms with Crippen LogP contribution >= 0.6 is 0 Å². The zero-order chi connectivity index (χ0) is 12.2. The highest BCUT2D eigenvalue weighted by Crippen LogP contribution is 2.15. The van der Waals surface area contributed by atoms with Gasteiger partial charge in [0.1, 0.15) is 5.82 Å². The van der Waals surface area contributed by atoms with Gasteiger partial charge < -0.3 is 10.6 Å². The Bertz CT molecular complexity index is 483. The zero-order valence-electron chi connectivity index (χ0n) is 10.3. The van der Waals surface area contributed by atoms with E-state index in [1.54, 1.807) is 0 Å².